The molecule has 1 aliphatic heterocycles. The Balaban J connectivity index is 1.83. The highest BCUT2D eigenvalue weighted by atomic mass is 16.5. The maximum Gasteiger partial charge on any atom is 0.240 e. The van der Waals surface area contributed by atoms with Gasteiger partial charge in [0.15, 0.2) is 0 Å². The van der Waals surface area contributed by atoms with Gasteiger partial charge in [0.2, 0.25) is 17.7 Å². The Morgan fingerprint density at radius 3 is 2.44 bits per heavy atom. The van der Waals surface area contributed by atoms with Crippen LogP contribution in [0.1, 0.15) is 32.8 Å². The molecule has 3 amide bonds. The Kier molecular flexibility index (Phi) is 5.82. The van der Waals surface area contributed by atoms with Gasteiger partial charge in [0.1, 0.15) is 12.3 Å². The summed E-state index contributed by atoms with van der Waals surface area (Å²) in [5.41, 5.74) is 0.363. The zero-order chi connectivity index (χ0) is 18.6. The first-order chi connectivity index (χ1) is 11.8. The third-order valence-electron chi connectivity index (χ3n) is 5.02. The molecule has 1 fully saturated rings. The van der Waals surface area contributed by atoms with Crippen LogP contribution in [-0.4, -0.2) is 42.8 Å². The molecule has 1 aromatic rings. The second-order valence-corrected chi connectivity index (χ2v) is 6.98. The summed E-state index contributed by atoms with van der Waals surface area (Å²) in [6.07, 6.45) is 0.837. The SMILES string of the molecule is COc1ccc(CCNC(=O)CN2C(=O)CC(C)(C(C)C)C2=O)cc1. The molecule has 1 aromatic carbocycles. The smallest absolute Gasteiger partial charge is 0.240 e. The molecule has 0 radical (unpaired) electrons. The van der Waals surface area contributed by atoms with Gasteiger partial charge in [-0.2, -0.15) is 0 Å². The van der Waals surface area contributed by atoms with E-state index in [2.05, 4.69) is 5.32 Å². The summed E-state index contributed by atoms with van der Waals surface area (Å²) in [4.78, 5) is 37.8. The van der Waals surface area contributed by atoms with Gasteiger partial charge in [0.25, 0.3) is 0 Å². The first kappa shape index (κ1) is 19.0. The minimum absolute atomic E-state index is 0.0482. The average Bonchev–Trinajstić information content (AvgIpc) is 2.80. The van der Waals surface area contributed by atoms with Crippen molar-refractivity contribution < 1.29 is 19.1 Å². The largest absolute Gasteiger partial charge is 0.497 e. The van der Waals surface area contributed by atoms with Gasteiger partial charge in [0.05, 0.1) is 12.5 Å². The summed E-state index contributed by atoms with van der Waals surface area (Å²) >= 11 is 0. The Morgan fingerprint density at radius 2 is 1.92 bits per heavy atom. The monoisotopic (exact) mass is 346 g/mol. The lowest BCUT2D eigenvalue weighted by Gasteiger charge is -2.25. The number of imide groups is 1. The number of likely N-dealkylation sites (tertiary alicyclic amines) is 1. The summed E-state index contributed by atoms with van der Waals surface area (Å²) in [5, 5.41) is 2.77. The van der Waals surface area contributed by atoms with E-state index in [1.54, 1.807) is 14.0 Å². The quantitative estimate of drug-likeness (QED) is 0.764. The number of methoxy groups -OCH3 is 1. The van der Waals surface area contributed by atoms with Crippen molar-refractivity contribution in [3.05, 3.63) is 29.8 Å². The lowest BCUT2D eigenvalue weighted by Crippen LogP contribution is -2.43. The lowest BCUT2D eigenvalue weighted by molar-refractivity contribution is -0.145. The third-order valence-corrected chi connectivity index (χ3v) is 5.02. The number of nitrogens with one attached hydrogen (secondary N) is 1. The summed E-state index contributed by atoms with van der Waals surface area (Å²) in [6, 6.07) is 7.61. The van der Waals surface area contributed by atoms with Gasteiger partial charge in [-0.25, -0.2) is 0 Å². The molecule has 6 heteroatoms. The van der Waals surface area contributed by atoms with Gasteiger partial charge in [-0.05, 0) is 37.0 Å². The summed E-state index contributed by atoms with van der Waals surface area (Å²) in [7, 11) is 1.61. The standard InChI is InChI=1S/C19H26N2O4/c1-13(2)19(3)11-17(23)21(18(19)24)12-16(22)20-10-9-14-5-7-15(25-4)8-6-14/h5-8,13H,9-12H2,1-4H3,(H,20,22). The number of ether oxygens (including phenoxy) is 1. The number of hydrogen-bond acceptors (Lipinski definition) is 4. The number of carbonyl (C=O) groups excluding carboxylic acids is 3. The minimum atomic E-state index is -0.708. The average molecular weight is 346 g/mol. The number of hydrogen-bond donors (Lipinski definition) is 1. The molecular formula is C19H26N2O4. The van der Waals surface area contributed by atoms with Crippen LogP contribution in [0.15, 0.2) is 24.3 Å². The lowest BCUT2D eigenvalue weighted by atomic mass is 9.78. The molecule has 6 nitrogen and oxygen atoms in total. The summed E-state index contributed by atoms with van der Waals surface area (Å²) in [5.74, 6) is -0.00773. The van der Waals surface area contributed by atoms with Crippen molar-refractivity contribution in [2.24, 2.45) is 11.3 Å². The number of rotatable bonds is 7. The molecule has 1 N–H and O–H groups in total. The second-order valence-electron chi connectivity index (χ2n) is 6.98. The Bertz CT molecular complexity index is 654. The van der Waals surface area contributed by atoms with E-state index in [0.29, 0.717) is 13.0 Å². The molecule has 0 spiro atoms. The Morgan fingerprint density at radius 1 is 1.28 bits per heavy atom. The molecule has 0 aromatic heterocycles. The molecule has 136 valence electrons. The summed E-state index contributed by atoms with van der Waals surface area (Å²) < 4.78 is 5.10. The van der Waals surface area contributed by atoms with Gasteiger partial charge in [-0.15, -0.1) is 0 Å². The van der Waals surface area contributed by atoms with Crippen molar-refractivity contribution >= 4 is 17.7 Å². The first-order valence-electron chi connectivity index (χ1n) is 8.52. The van der Waals surface area contributed by atoms with Crippen LogP contribution in [0.25, 0.3) is 0 Å². The molecule has 1 aliphatic rings. The predicted molar refractivity (Wildman–Crippen MR) is 94.0 cm³/mol. The molecule has 0 bridgehead atoms. The Labute approximate surface area is 148 Å². The van der Waals surface area contributed by atoms with Crippen LogP contribution in [0.5, 0.6) is 5.75 Å². The van der Waals surface area contributed by atoms with Crippen molar-refractivity contribution in [3.63, 3.8) is 0 Å². The molecule has 1 unspecified atom stereocenters. The van der Waals surface area contributed by atoms with Crippen molar-refractivity contribution in [1.29, 1.82) is 0 Å². The molecule has 2 rings (SSSR count). The van der Waals surface area contributed by atoms with Crippen LogP contribution >= 0.6 is 0 Å². The van der Waals surface area contributed by atoms with E-state index in [9.17, 15) is 14.4 Å². The zero-order valence-corrected chi connectivity index (χ0v) is 15.3. The maximum absolute atomic E-state index is 12.5. The van der Waals surface area contributed by atoms with E-state index in [1.807, 2.05) is 38.1 Å². The molecule has 0 saturated carbocycles. The molecule has 1 atom stereocenters. The van der Waals surface area contributed by atoms with E-state index in [4.69, 9.17) is 4.74 Å². The highest BCUT2D eigenvalue weighted by Gasteiger charge is 2.50. The molecule has 1 saturated heterocycles. The van der Waals surface area contributed by atoms with Crippen LogP contribution in [0.3, 0.4) is 0 Å². The van der Waals surface area contributed by atoms with Crippen LogP contribution in [0, 0.1) is 11.3 Å². The predicted octanol–water partition coefficient (Wildman–Crippen LogP) is 1.78. The van der Waals surface area contributed by atoms with E-state index >= 15 is 0 Å². The highest BCUT2D eigenvalue weighted by Crippen LogP contribution is 2.38. The fraction of sp³-hybridized carbons (Fsp3) is 0.526. The van der Waals surface area contributed by atoms with Crippen molar-refractivity contribution in [2.75, 3.05) is 20.2 Å². The highest BCUT2D eigenvalue weighted by molar-refractivity contribution is 6.07. The fourth-order valence-electron chi connectivity index (χ4n) is 2.86. The Hall–Kier alpha value is -2.37. The number of benzene rings is 1. The van der Waals surface area contributed by atoms with Gasteiger partial charge >= 0.3 is 0 Å². The van der Waals surface area contributed by atoms with Gasteiger partial charge < -0.3 is 10.1 Å². The van der Waals surface area contributed by atoms with Gasteiger partial charge in [-0.3, -0.25) is 19.3 Å². The molecular weight excluding hydrogens is 320 g/mol. The maximum atomic E-state index is 12.5. The van der Waals surface area contributed by atoms with Crippen LogP contribution in [-0.2, 0) is 20.8 Å². The fourth-order valence-corrected chi connectivity index (χ4v) is 2.86. The number of amides is 3. The number of carbonyl (C=O) groups is 3. The van der Waals surface area contributed by atoms with E-state index in [0.717, 1.165) is 16.2 Å². The van der Waals surface area contributed by atoms with E-state index in [1.165, 1.54) is 0 Å². The first-order valence-corrected chi connectivity index (χ1v) is 8.52. The summed E-state index contributed by atoms with van der Waals surface area (Å²) in [6.45, 7) is 5.87. The molecule has 25 heavy (non-hydrogen) atoms. The van der Waals surface area contributed by atoms with Crippen molar-refractivity contribution in [2.45, 2.75) is 33.6 Å². The third kappa shape index (κ3) is 4.18. The zero-order valence-electron chi connectivity index (χ0n) is 15.3. The van der Waals surface area contributed by atoms with Crippen LogP contribution < -0.4 is 10.1 Å². The van der Waals surface area contributed by atoms with Crippen molar-refractivity contribution in [3.8, 4) is 5.75 Å². The van der Waals surface area contributed by atoms with Crippen molar-refractivity contribution in [1.82, 2.24) is 10.2 Å². The van der Waals surface area contributed by atoms with Crippen LogP contribution in [0.4, 0.5) is 0 Å². The minimum Gasteiger partial charge on any atom is -0.497 e. The molecule has 0 aliphatic carbocycles. The van der Waals surface area contributed by atoms with Crippen LogP contribution in [0.2, 0.25) is 0 Å². The van der Waals surface area contributed by atoms with E-state index < -0.39 is 5.41 Å². The second kappa shape index (κ2) is 7.68. The van der Waals surface area contributed by atoms with Gasteiger partial charge in [0, 0.05) is 13.0 Å². The van der Waals surface area contributed by atoms with Gasteiger partial charge in [-0.1, -0.05) is 26.0 Å². The molecule has 1 heterocycles. The van der Waals surface area contributed by atoms with E-state index in [-0.39, 0.29) is 36.6 Å². The normalized spacial score (nSPS) is 20.3. The number of nitrogens with zero attached hydrogens (tertiary/aromatic N) is 1. The topological polar surface area (TPSA) is 75.7 Å².